The maximum absolute atomic E-state index is 11.4. The van der Waals surface area contributed by atoms with E-state index in [1.807, 2.05) is 6.92 Å². The maximum atomic E-state index is 11.4. The largest absolute Gasteiger partial charge is 0.455 e. The van der Waals surface area contributed by atoms with Gasteiger partial charge in [-0.25, -0.2) is 0 Å². The zero-order chi connectivity index (χ0) is 17.9. The summed E-state index contributed by atoms with van der Waals surface area (Å²) in [5.41, 5.74) is 0.676. The van der Waals surface area contributed by atoms with Crippen molar-refractivity contribution in [3.05, 3.63) is 17.5 Å². The van der Waals surface area contributed by atoms with Crippen molar-refractivity contribution in [1.82, 2.24) is 5.16 Å². The predicted molar refractivity (Wildman–Crippen MR) is 76.4 cm³/mol. The summed E-state index contributed by atoms with van der Waals surface area (Å²) >= 11 is 0. The Morgan fingerprint density at radius 3 is 2.12 bits per heavy atom. The van der Waals surface area contributed by atoms with E-state index in [9.17, 15) is 14.4 Å². The first-order valence-corrected chi connectivity index (χ1v) is 7.44. The van der Waals surface area contributed by atoms with Gasteiger partial charge in [0, 0.05) is 26.8 Å². The van der Waals surface area contributed by atoms with E-state index in [1.54, 1.807) is 6.07 Å². The number of rotatable bonds is 5. The van der Waals surface area contributed by atoms with Gasteiger partial charge in [0.1, 0.15) is 0 Å². The second-order valence-corrected chi connectivity index (χ2v) is 5.26. The van der Waals surface area contributed by atoms with E-state index in [1.165, 1.54) is 20.8 Å². The van der Waals surface area contributed by atoms with Gasteiger partial charge in [-0.2, -0.15) is 0 Å². The van der Waals surface area contributed by atoms with Crippen molar-refractivity contribution in [3.8, 4) is 0 Å². The van der Waals surface area contributed by atoms with Crippen LogP contribution in [0.5, 0.6) is 0 Å². The summed E-state index contributed by atoms with van der Waals surface area (Å²) in [6.07, 6.45) is -3.66. The Balaban J connectivity index is 2.34. The molecule has 1 aliphatic rings. The molecular formula is C15H19NO8. The SMILES string of the molecule is CCc1cc([C@H]2O[C@@H](OC(C)=O)[C@H](OC(C)=O)[C@@H]2OC(C)=O)on1. The van der Waals surface area contributed by atoms with Gasteiger partial charge in [0.25, 0.3) is 0 Å². The van der Waals surface area contributed by atoms with E-state index < -0.39 is 42.5 Å². The van der Waals surface area contributed by atoms with Crippen LogP contribution in [0.15, 0.2) is 10.6 Å². The van der Waals surface area contributed by atoms with Gasteiger partial charge in [0.05, 0.1) is 5.69 Å². The second kappa shape index (κ2) is 7.43. The lowest BCUT2D eigenvalue weighted by Gasteiger charge is -2.22. The number of esters is 3. The molecule has 0 spiro atoms. The lowest BCUT2D eigenvalue weighted by molar-refractivity contribution is -0.196. The summed E-state index contributed by atoms with van der Waals surface area (Å²) in [6.45, 7) is 5.47. The van der Waals surface area contributed by atoms with Crippen molar-refractivity contribution in [1.29, 1.82) is 0 Å². The van der Waals surface area contributed by atoms with E-state index in [0.29, 0.717) is 12.1 Å². The molecule has 0 bridgehead atoms. The Kier molecular flexibility index (Phi) is 5.55. The van der Waals surface area contributed by atoms with Crippen LogP contribution in [-0.2, 0) is 39.8 Å². The first-order chi connectivity index (χ1) is 11.3. The van der Waals surface area contributed by atoms with Crippen molar-refractivity contribution in [3.63, 3.8) is 0 Å². The first-order valence-electron chi connectivity index (χ1n) is 7.44. The maximum Gasteiger partial charge on any atom is 0.305 e. The molecule has 0 aliphatic carbocycles. The summed E-state index contributed by atoms with van der Waals surface area (Å²) in [5, 5.41) is 3.85. The molecule has 0 radical (unpaired) electrons. The standard InChI is InChI=1S/C15H19NO8/c1-5-10-6-11(24-16-10)12-13(20-7(2)17)14(21-8(3)18)15(23-12)22-9(4)19/h6,12-15H,5H2,1-4H3/t12-,13-,14-,15-/m1/s1. The highest BCUT2D eigenvalue weighted by Gasteiger charge is 2.53. The van der Waals surface area contributed by atoms with Gasteiger partial charge in [0.15, 0.2) is 18.0 Å². The van der Waals surface area contributed by atoms with Crippen LogP contribution in [0.3, 0.4) is 0 Å². The lowest BCUT2D eigenvalue weighted by Crippen LogP contribution is -2.39. The number of hydrogen-bond acceptors (Lipinski definition) is 9. The van der Waals surface area contributed by atoms with E-state index in [-0.39, 0.29) is 5.76 Å². The molecule has 4 atom stereocenters. The Hall–Kier alpha value is -2.42. The second-order valence-electron chi connectivity index (χ2n) is 5.26. The highest BCUT2D eigenvalue weighted by Crippen LogP contribution is 2.38. The Morgan fingerprint density at radius 1 is 1.04 bits per heavy atom. The predicted octanol–water partition coefficient (Wildman–Crippen LogP) is 1.06. The molecule has 9 nitrogen and oxygen atoms in total. The molecule has 2 rings (SSSR count). The molecule has 1 aromatic heterocycles. The molecule has 1 aromatic rings. The van der Waals surface area contributed by atoms with Crippen molar-refractivity contribution in [2.45, 2.75) is 58.7 Å². The van der Waals surface area contributed by atoms with Crippen molar-refractivity contribution >= 4 is 17.9 Å². The molecule has 9 heteroatoms. The zero-order valence-corrected chi connectivity index (χ0v) is 13.8. The van der Waals surface area contributed by atoms with Gasteiger partial charge in [-0.1, -0.05) is 12.1 Å². The monoisotopic (exact) mass is 341 g/mol. The highest BCUT2D eigenvalue weighted by atomic mass is 16.7. The Morgan fingerprint density at radius 2 is 1.62 bits per heavy atom. The quantitative estimate of drug-likeness (QED) is 0.572. The number of aromatic nitrogens is 1. The molecule has 24 heavy (non-hydrogen) atoms. The van der Waals surface area contributed by atoms with Crippen molar-refractivity contribution in [2.75, 3.05) is 0 Å². The van der Waals surface area contributed by atoms with Gasteiger partial charge in [-0.15, -0.1) is 0 Å². The Bertz CT molecular complexity index is 625. The van der Waals surface area contributed by atoms with Gasteiger partial charge in [-0.05, 0) is 6.42 Å². The van der Waals surface area contributed by atoms with Crippen LogP contribution < -0.4 is 0 Å². The fraction of sp³-hybridized carbons (Fsp3) is 0.600. The van der Waals surface area contributed by atoms with E-state index >= 15 is 0 Å². The molecule has 2 heterocycles. The average Bonchev–Trinajstić information content (AvgIpc) is 3.05. The number of ether oxygens (including phenoxy) is 4. The number of carbonyl (C=O) groups is 3. The molecular weight excluding hydrogens is 322 g/mol. The Labute approximate surface area is 138 Å². The molecule has 1 aliphatic heterocycles. The van der Waals surface area contributed by atoms with Crippen LogP contribution in [0.4, 0.5) is 0 Å². The smallest absolute Gasteiger partial charge is 0.305 e. The fourth-order valence-electron chi connectivity index (χ4n) is 2.38. The van der Waals surface area contributed by atoms with Crippen LogP contribution in [0, 0.1) is 0 Å². The van der Waals surface area contributed by atoms with Gasteiger partial charge < -0.3 is 23.5 Å². The first kappa shape index (κ1) is 17.9. The lowest BCUT2D eigenvalue weighted by atomic mass is 10.1. The minimum Gasteiger partial charge on any atom is -0.455 e. The van der Waals surface area contributed by atoms with Gasteiger partial charge in [-0.3, -0.25) is 14.4 Å². The van der Waals surface area contributed by atoms with E-state index in [2.05, 4.69) is 5.16 Å². The molecule has 0 N–H and O–H groups in total. The fourth-order valence-corrected chi connectivity index (χ4v) is 2.38. The molecule has 0 unspecified atom stereocenters. The van der Waals surface area contributed by atoms with E-state index in [4.69, 9.17) is 23.5 Å². The highest BCUT2D eigenvalue weighted by molar-refractivity contribution is 5.68. The number of nitrogens with zero attached hydrogens (tertiary/aromatic N) is 1. The van der Waals surface area contributed by atoms with Crippen LogP contribution in [0.2, 0.25) is 0 Å². The van der Waals surface area contributed by atoms with Gasteiger partial charge in [0.2, 0.25) is 12.4 Å². The average molecular weight is 341 g/mol. The summed E-state index contributed by atoms with van der Waals surface area (Å²) in [7, 11) is 0. The summed E-state index contributed by atoms with van der Waals surface area (Å²) in [6, 6.07) is 1.64. The van der Waals surface area contributed by atoms with Crippen LogP contribution in [0.25, 0.3) is 0 Å². The van der Waals surface area contributed by atoms with Crippen LogP contribution in [0.1, 0.15) is 45.3 Å². The minimum absolute atomic E-state index is 0.282. The van der Waals surface area contributed by atoms with Crippen LogP contribution >= 0.6 is 0 Å². The molecule has 0 amide bonds. The molecule has 0 aromatic carbocycles. The van der Waals surface area contributed by atoms with Crippen molar-refractivity contribution in [2.24, 2.45) is 0 Å². The minimum atomic E-state index is -1.23. The number of carbonyl (C=O) groups excluding carboxylic acids is 3. The third kappa shape index (κ3) is 4.10. The summed E-state index contributed by atoms with van der Waals surface area (Å²) in [5.74, 6) is -1.59. The third-order valence-electron chi connectivity index (χ3n) is 3.28. The summed E-state index contributed by atoms with van der Waals surface area (Å²) in [4.78, 5) is 34.1. The number of hydrogen-bond donors (Lipinski definition) is 0. The van der Waals surface area contributed by atoms with Crippen LogP contribution in [-0.4, -0.2) is 41.6 Å². The van der Waals surface area contributed by atoms with Gasteiger partial charge >= 0.3 is 17.9 Å². The summed E-state index contributed by atoms with van der Waals surface area (Å²) < 4.78 is 26.2. The zero-order valence-electron chi connectivity index (χ0n) is 13.8. The molecule has 0 saturated carbocycles. The molecule has 1 fully saturated rings. The van der Waals surface area contributed by atoms with E-state index in [0.717, 1.165) is 0 Å². The third-order valence-corrected chi connectivity index (χ3v) is 3.28. The van der Waals surface area contributed by atoms with Crippen molar-refractivity contribution < 1.29 is 37.9 Å². The molecule has 1 saturated heterocycles. The number of aryl methyl sites for hydroxylation is 1. The molecule has 132 valence electrons. The normalized spacial score (nSPS) is 26.0. The topological polar surface area (TPSA) is 114 Å².